The van der Waals surface area contributed by atoms with Gasteiger partial charge in [0.15, 0.2) is 0 Å². The largest absolute Gasteiger partial charge is 0.494 e. The summed E-state index contributed by atoms with van der Waals surface area (Å²) >= 11 is 0. The zero-order chi connectivity index (χ0) is 59.7. The number of H-pyrrole nitrogens is 2. The zero-order valence-corrected chi connectivity index (χ0v) is 49.6. The van der Waals surface area contributed by atoms with Gasteiger partial charge in [-0.1, -0.05) is 85.1 Å². The molecule has 83 heavy (non-hydrogen) atoms. The molecule has 18 heteroatoms. The summed E-state index contributed by atoms with van der Waals surface area (Å²) in [7, 11) is 0. The number of hydrogen-bond acceptors (Lipinski definition) is 12. The Balaban J connectivity index is 1.21. The molecular formula is C65H84N6O12. The second-order valence-corrected chi connectivity index (χ2v) is 21.7. The Bertz CT molecular complexity index is 3370. The van der Waals surface area contributed by atoms with Crippen LogP contribution in [-0.2, 0) is 43.1 Å². The van der Waals surface area contributed by atoms with Crippen LogP contribution in [0.15, 0.2) is 117 Å². The molecule has 2 aliphatic heterocycles. The first-order chi connectivity index (χ1) is 40.0. The third-order valence-corrected chi connectivity index (χ3v) is 15.0. The van der Waals surface area contributed by atoms with Gasteiger partial charge in [-0.3, -0.25) is 38.3 Å². The van der Waals surface area contributed by atoms with E-state index in [4.69, 9.17) is 28.4 Å². The second kappa shape index (κ2) is 30.0. The van der Waals surface area contributed by atoms with Crippen molar-refractivity contribution in [3.8, 4) is 17.2 Å². The average Bonchev–Trinajstić information content (AvgIpc) is 4.15. The van der Waals surface area contributed by atoms with Crippen molar-refractivity contribution in [1.82, 2.24) is 19.1 Å². The molecule has 5 aromatic rings. The topological polar surface area (TPSA) is 223 Å². The molecule has 0 aliphatic carbocycles. The van der Waals surface area contributed by atoms with Crippen LogP contribution in [0.25, 0.3) is 0 Å². The summed E-state index contributed by atoms with van der Waals surface area (Å²) < 4.78 is 41.3. The van der Waals surface area contributed by atoms with Gasteiger partial charge < -0.3 is 39.1 Å². The third kappa shape index (κ3) is 16.3. The second-order valence-electron chi connectivity index (χ2n) is 21.7. The van der Waals surface area contributed by atoms with Crippen LogP contribution >= 0.6 is 0 Å². The van der Waals surface area contributed by atoms with Crippen molar-refractivity contribution >= 4 is 23.2 Å². The maximum atomic E-state index is 14.3. The molecule has 0 saturated carbocycles. The molecule has 2 saturated heterocycles. The predicted octanol–water partition coefficient (Wildman–Crippen LogP) is 10.8. The minimum Gasteiger partial charge on any atom is -0.494 e. The maximum Gasteiger partial charge on any atom is 0.330 e. The van der Waals surface area contributed by atoms with Crippen LogP contribution in [0.5, 0.6) is 17.2 Å². The smallest absolute Gasteiger partial charge is 0.330 e. The Kier molecular flexibility index (Phi) is 22.8. The Hall–Kier alpha value is -7.70. The molecule has 0 unspecified atom stereocenters. The van der Waals surface area contributed by atoms with Crippen molar-refractivity contribution in [3.05, 3.63) is 178 Å². The standard InChI is InChI=1S/C65H84N6O12/c1-11-19-43(42(10)78-24-12-2)28-49-32-52(67-57(73)35-48-37-59(83-54(48)17-7)71-39-41(9)63(75)69-65(71)77)33-50(61(49)81-27-15-5)30-45-21-18-20-44(60(45)80-26-14-4)29-46-31-51(22-23-55(46)79-25-13-3)66-56(72)34-47-36-58(82-53(47)16-6)70-38-40(8)62(74)68-64(70)76/h11,18-23,31-33,38-39,47-48,53-54,58-59H,1,10,12-17,24-30,34-37H2,2-9H3,(H,66,72)(H,67,73)(H,68,74,76)(H,69,75,77)/b43-19-/t47-,48-,53+,54+,58+,59+/m0/s1. The lowest BCUT2D eigenvalue weighted by Gasteiger charge is -2.22. The number of rotatable bonds is 30. The monoisotopic (exact) mass is 1140 g/mol. The Labute approximate surface area is 486 Å². The normalized spacial score (nSPS) is 18.6. The van der Waals surface area contributed by atoms with Crippen molar-refractivity contribution < 1.29 is 38.0 Å². The minimum atomic E-state index is -0.644. The molecule has 7 rings (SSSR count). The summed E-state index contributed by atoms with van der Waals surface area (Å²) in [5.74, 6) is 1.74. The van der Waals surface area contributed by atoms with E-state index < -0.39 is 35.0 Å². The number of nitrogens with one attached hydrogen (secondary N) is 4. The van der Waals surface area contributed by atoms with E-state index >= 15 is 0 Å². The van der Waals surface area contributed by atoms with Crippen molar-refractivity contribution in [2.75, 3.05) is 37.1 Å². The van der Waals surface area contributed by atoms with E-state index in [0.717, 1.165) is 59.1 Å². The Morgan fingerprint density at radius 1 is 0.639 bits per heavy atom. The Morgan fingerprint density at radius 2 is 1.12 bits per heavy atom. The number of aromatic nitrogens is 4. The van der Waals surface area contributed by atoms with Crippen molar-refractivity contribution in [2.45, 2.75) is 164 Å². The van der Waals surface area contributed by atoms with E-state index in [9.17, 15) is 28.8 Å². The lowest BCUT2D eigenvalue weighted by atomic mass is 9.93. The van der Waals surface area contributed by atoms with Gasteiger partial charge in [0, 0.05) is 83.7 Å². The number of aryl methyl sites for hydroxylation is 2. The highest BCUT2D eigenvalue weighted by molar-refractivity contribution is 5.92. The van der Waals surface area contributed by atoms with Crippen LogP contribution in [0, 0.1) is 25.7 Å². The van der Waals surface area contributed by atoms with E-state index in [2.05, 4.69) is 47.6 Å². The van der Waals surface area contributed by atoms with Crippen LogP contribution < -0.4 is 47.3 Å². The quantitative estimate of drug-likeness (QED) is 0.0249. The van der Waals surface area contributed by atoms with E-state index in [1.165, 1.54) is 21.5 Å². The first kappa shape index (κ1) is 62.9. The molecule has 2 aromatic heterocycles. The first-order valence-corrected chi connectivity index (χ1v) is 29.5. The van der Waals surface area contributed by atoms with Gasteiger partial charge in [-0.15, -0.1) is 0 Å². The summed E-state index contributed by atoms with van der Waals surface area (Å²) in [5.41, 5.74) is 4.97. The maximum absolute atomic E-state index is 14.3. The lowest BCUT2D eigenvalue weighted by molar-refractivity contribution is -0.118. The fourth-order valence-electron chi connectivity index (χ4n) is 11.0. The average molecular weight is 1140 g/mol. The molecule has 4 heterocycles. The fourth-order valence-corrected chi connectivity index (χ4v) is 11.0. The molecule has 4 N–H and O–H groups in total. The summed E-state index contributed by atoms with van der Waals surface area (Å²) in [6, 6.07) is 15.7. The molecule has 6 atom stereocenters. The molecular weight excluding hydrogens is 1060 g/mol. The summed E-state index contributed by atoms with van der Waals surface area (Å²) in [6.07, 6.45) is 11.3. The molecule has 2 amide bonds. The first-order valence-electron chi connectivity index (χ1n) is 29.5. The number of para-hydroxylation sites is 1. The van der Waals surface area contributed by atoms with Gasteiger partial charge >= 0.3 is 11.4 Å². The third-order valence-electron chi connectivity index (χ3n) is 15.0. The predicted molar refractivity (Wildman–Crippen MR) is 323 cm³/mol. The minimum absolute atomic E-state index is 0.123. The number of carbonyl (C=O) groups excluding carboxylic acids is 2. The number of hydrogen-bond donors (Lipinski definition) is 4. The van der Waals surface area contributed by atoms with Crippen molar-refractivity contribution in [3.63, 3.8) is 0 Å². The summed E-state index contributed by atoms with van der Waals surface area (Å²) in [5, 5.41) is 6.35. The van der Waals surface area contributed by atoms with E-state index in [0.29, 0.717) is 117 Å². The summed E-state index contributed by atoms with van der Waals surface area (Å²) in [6.45, 7) is 25.5. The van der Waals surface area contributed by atoms with Crippen molar-refractivity contribution in [1.29, 1.82) is 0 Å². The molecule has 0 bridgehead atoms. The van der Waals surface area contributed by atoms with E-state index in [1.807, 2.05) is 82.3 Å². The molecule has 2 fully saturated rings. The molecule has 0 radical (unpaired) electrons. The van der Waals surface area contributed by atoms with Gasteiger partial charge in [0.25, 0.3) is 11.1 Å². The van der Waals surface area contributed by atoms with Gasteiger partial charge in [-0.05, 0) is 124 Å². The number of allylic oxidation sites excluding steroid dienone is 3. The van der Waals surface area contributed by atoms with Gasteiger partial charge in [-0.25, -0.2) is 9.59 Å². The number of nitrogens with zero attached hydrogens (tertiary/aromatic N) is 2. The van der Waals surface area contributed by atoms with Gasteiger partial charge in [-0.2, -0.15) is 0 Å². The molecule has 446 valence electrons. The SMILES string of the molecule is C=C/C=C(/Cc1cc(NC(=O)C[C@H]2C[C@H](n3cc(C)c(=O)[nH]c3=O)O[C@@H]2CC)cc(Cc2cccc(Cc3cc(NC(=O)C[C@H]4C[C@H](n5cc(C)c(=O)[nH]c5=O)O[C@@H]4CC)ccc3OCCC)c2OCCC)c1OCCC)C(=C)OCCC. The molecule has 18 nitrogen and oxygen atoms in total. The molecule has 3 aromatic carbocycles. The van der Waals surface area contributed by atoms with Crippen molar-refractivity contribution in [2.24, 2.45) is 11.8 Å². The van der Waals surface area contributed by atoms with E-state index in [1.54, 1.807) is 19.9 Å². The van der Waals surface area contributed by atoms with Crippen LogP contribution in [0.2, 0.25) is 0 Å². The highest BCUT2D eigenvalue weighted by atomic mass is 16.5. The number of amides is 2. The van der Waals surface area contributed by atoms with Gasteiger partial charge in [0.2, 0.25) is 11.8 Å². The molecule has 2 aliphatic rings. The van der Waals surface area contributed by atoms with Crippen LogP contribution in [0.3, 0.4) is 0 Å². The molecule has 0 spiro atoms. The highest BCUT2D eigenvalue weighted by Crippen LogP contribution is 2.41. The summed E-state index contributed by atoms with van der Waals surface area (Å²) in [4.78, 5) is 82.9. The lowest BCUT2D eigenvalue weighted by Crippen LogP contribution is -2.33. The van der Waals surface area contributed by atoms with Crippen LogP contribution in [-0.4, -0.2) is 69.6 Å². The van der Waals surface area contributed by atoms with Crippen LogP contribution in [0.1, 0.15) is 157 Å². The zero-order valence-electron chi connectivity index (χ0n) is 49.6. The van der Waals surface area contributed by atoms with Gasteiger partial charge in [0.1, 0.15) is 35.5 Å². The highest BCUT2D eigenvalue weighted by Gasteiger charge is 2.38. The number of benzene rings is 3. The number of carbonyl (C=O) groups is 2. The number of aromatic amines is 2. The Morgan fingerprint density at radius 3 is 1.64 bits per heavy atom. The van der Waals surface area contributed by atoms with Gasteiger partial charge in [0.05, 0.1) is 38.6 Å². The number of anilines is 2. The van der Waals surface area contributed by atoms with Crippen LogP contribution in [0.4, 0.5) is 11.4 Å². The fraction of sp³-hybridized carbons (Fsp3) is 0.477. The van der Waals surface area contributed by atoms with E-state index in [-0.39, 0.29) is 48.7 Å². The number of ether oxygens (including phenoxy) is 6.